The number of nitrogens with one attached hydrogen (secondary N) is 3. The molecule has 0 amide bonds. The SMILES string of the molecule is N=Cc1c(NCc2ccccc2F)ccn(-c2cc(NC3COCCC3CO)ncc2Cl)c1=O. The standard InChI is InChI=1S/C24H25ClFN5O3/c25-18-12-29-23(30-21-14-34-8-6-16(21)13-32)9-22(18)31-7-5-20(17(10-27)24(31)33)28-11-15-3-1-2-4-19(15)26/h1-5,7,9-10,12,16,21,27-28,32H,6,8,11,13-14H2,(H,29,30). The maximum absolute atomic E-state index is 13.9. The molecule has 8 nitrogen and oxygen atoms in total. The van der Waals surface area contributed by atoms with Crippen molar-refractivity contribution in [3.8, 4) is 5.69 Å². The second-order valence-electron chi connectivity index (χ2n) is 7.99. The molecule has 34 heavy (non-hydrogen) atoms. The summed E-state index contributed by atoms with van der Waals surface area (Å²) in [7, 11) is 0. The van der Waals surface area contributed by atoms with Gasteiger partial charge in [-0.25, -0.2) is 9.37 Å². The molecule has 0 spiro atoms. The molecule has 1 aromatic carbocycles. The van der Waals surface area contributed by atoms with E-state index < -0.39 is 5.56 Å². The third-order valence-electron chi connectivity index (χ3n) is 5.86. The highest BCUT2D eigenvalue weighted by atomic mass is 35.5. The van der Waals surface area contributed by atoms with Gasteiger partial charge in [0, 0.05) is 49.7 Å². The first-order valence-corrected chi connectivity index (χ1v) is 11.2. The van der Waals surface area contributed by atoms with Crippen LogP contribution in [-0.4, -0.2) is 46.7 Å². The Morgan fingerprint density at radius 1 is 1.35 bits per heavy atom. The van der Waals surface area contributed by atoms with Gasteiger partial charge in [0.2, 0.25) is 0 Å². The highest BCUT2D eigenvalue weighted by Crippen LogP contribution is 2.25. The number of hydrogen-bond donors (Lipinski definition) is 4. The third-order valence-corrected chi connectivity index (χ3v) is 6.15. The van der Waals surface area contributed by atoms with Crippen molar-refractivity contribution in [2.75, 3.05) is 30.5 Å². The number of aromatic nitrogens is 2. The lowest BCUT2D eigenvalue weighted by atomic mass is 9.96. The highest BCUT2D eigenvalue weighted by Gasteiger charge is 2.25. The normalized spacial score (nSPS) is 17.9. The summed E-state index contributed by atoms with van der Waals surface area (Å²) < 4.78 is 20.8. The van der Waals surface area contributed by atoms with Crippen LogP contribution in [0.25, 0.3) is 5.69 Å². The Morgan fingerprint density at radius 2 is 2.18 bits per heavy atom. The van der Waals surface area contributed by atoms with Crippen LogP contribution in [0.2, 0.25) is 5.02 Å². The van der Waals surface area contributed by atoms with Gasteiger partial charge < -0.3 is 25.9 Å². The van der Waals surface area contributed by atoms with Gasteiger partial charge in [-0.2, -0.15) is 0 Å². The van der Waals surface area contributed by atoms with E-state index in [0.29, 0.717) is 36.0 Å². The maximum Gasteiger partial charge on any atom is 0.266 e. The Hall–Kier alpha value is -3.27. The first kappa shape index (κ1) is 23.9. The molecule has 4 N–H and O–H groups in total. The Morgan fingerprint density at radius 3 is 2.94 bits per heavy atom. The molecular formula is C24H25ClFN5O3. The van der Waals surface area contributed by atoms with Crippen LogP contribution in [0.3, 0.4) is 0 Å². The number of rotatable bonds is 8. The van der Waals surface area contributed by atoms with Crippen LogP contribution >= 0.6 is 11.6 Å². The van der Waals surface area contributed by atoms with E-state index in [2.05, 4.69) is 15.6 Å². The summed E-state index contributed by atoms with van der Waals surface area (Å²) in [4.78, 5) is 17.5. The van der Waals surface area contributed by atoms with Crippen molar-refractivity contribution in [2.24, 2.45) is 5.92 Å². The van der Waals surface area contributed by atoms with Crippen molar-refractivity contribution in [2.45, 2.75) is 19.0 Å². The molecule has 10 heteroatoms. The minimum atomic E-state index is -0.457. The molecule has 2 aromatic heterocycles. The maximum atomic E-state index is 13.9. The van der Waals surface area contributed by atoms with Crippen LogP contribution in [0, 0.1) is 17.1 Å². The zero-order valence-electron chi connectivity index (χ0n) is 18.3. The van der Waals surface area contributed by atoms with E-state index in [0.717, 1.165) is 12.6 Å². The van der Waals surface area contributed by atoms with Crippen molar-refractivity contribution in [3.05, 3.63) is 81.1 Å². The molecule has 4 rings (SSSR count). The monoisotopic (exact) mass is 485 g/mol. The van der Waals surface area contributed by atoms with Gasteiger partial charge in [-0.05, 0) is 18.6 Å². The number of aliphatic hydroxyl groups excluding tert-OH is 1. The summed E-state index contributed by atoms with van der Waals surface area (Å²) >= 11 is 6.37. The molecule has 0 bridgehead atoms. The summed E-state index contributed by atoms with van der Waals surface area (Å²) in [5.41, 5.74) is 0.908. The predicted molar refractivity (Wildman–Crippen MR) is 130 cm³/mol. The van der Waals surface area contributed by atoms with Crippen LogP contribution in [0.15, 0.2) is 53.6 Å². The van der Waals surface area contributed by atoms with Crippen molar-refractivity contribution < 1.29 is 14.2 Å². The number of nitrogens with zero attached hydrogens (tertiary/aromatic N) is 2. The van der Waals surface area contributed by atoms with Gasteiger partial charge in [0.05, 0.1) is 40.8 Å². The van der Waals surface area contributed by atoms with Crippen LogP contribution < -0.4 is 16.2 Å². The fraction of sp³-hybridized carbons (Fsp3) is 0.292. The molecule has 1 aliphatic rings. The number of anilines is 2. The van der Waals surface area contributed by atoms with Crippen molar-refractivity contribution in [1.82, 2.24) is 9.55 Å². The van der Waals surface area contributed by atoms with Gasteiger partial charge in [-0.3, -0.25) is 9.36 Å². The number of benzene rings is 1. The third kappa shape index (κ3) is 5.11. The van der Waals surface area contributed by atoms with Gasteiger partial charge in [-0.15, -0.1) is 0 Å². The molecule has 178 valence electrons. The van der Waals surface area contributed by atoms with Crippen molar-refractivity contribution in [1.29, 1.82) is 5.41 Å². The molecule has 0 radical (unpaired) electrons. The molecule has 0 aliphatic carbocycles. The Labute approximate surface area is 200 Å². The molecule has 1 saturated heterocycles. The lowest BCUT2D eigenvalue weighted by Crippen LogP contribution is -2.40. The highest BCUT2D eigenvalue weighted by molar-refractivity contribution is 6.32. The summed E-state index contributed by atoms with van der Waals surface area (Å²) in [6.07, 6.45) is 4.68. The molecular weight excluding hydrogens is 461 g/mol. The van der Waals surface area contributed by atoms with Crippen LogP contribution in [-0.2, 0) is 11.3 Å². The fourth-order valence-corrected chi connectivity index (χ4v) is 4.10. The van der Waals surface area contributed by atoms with E-state index in [1.54, 1.807) is 36.5 Å². The Kier molecular flexibility index (Phi) is 7.56. The minimum absolute atomic E-state index is 0.0294. The average Bonchev–Trinajstić information content (AvgIpc) is 2.85. The molecule has 1 fully saturated rings. The molecule has 0 saturated carbocycles. The van der Waals surface area contributed by atoms with Crippen molar-refractivity contribution >= 4 is 29.3 Å². The van der Waals surface area contributed by atoms with E-state index in [4.69, 9.17) is 21.7 Å². The second-order valence-corrected chi connectivity index (χ2v) is 8.39. The topological polar surface area (TPSA) is 112 Å². The summed E-state index contributed by atoms with van der Waals surface area (Å²) in [5.74, 6) is 0.162. The molecule has 1 aliphatic heterocycles. The number of hydrogen-bond acceptors (Lipinski definition) is 7. The van der Waals surface area contributed by atoms with E-state index in [-0.39, 0.29) is 41.5 Å². The number of aliphatic hydroxyl groups is 1. The van der Waals surface area contributed by atoms with Gasteiger partial charge in [0.25, 0.3) is 5.56 Å². The Bertz CT molecular complexity index is 1240. The Balaban J connectivity index is 1.61. The fourth-order valence-electron chi connectivity index (χ4n) is 3.91. The minimum Gasteiger partial charge on any atom is -0.396 e. The summed E-state index contributed by atoms with van der Waals surface area (Å²) in [6, 6.07) is 9.52. The molecule has 3 aromatic rings. The average molecular weight is 486 g/mol. The zero-order chi connectivity index (χ0) is 24.1. The lowest BCUT2D eigenvalue weighted by molar-refractivity contribution is 0.0347. The smallest absolute Gasteiger partial charge is 0.266 e. The zero-order valence-corrected chi connectivity index (χ0v) is 19.1. The van der Waals surface area contributed by atoms with Gasteiger partial charge >= 0.3 is 0 Å². The molecule has 3 heterocycles. The summed E-state index contributed by atoms with van der Waals surface area (Å²) in [6.45, 7) is 1.23. The second kappa shape index (κ2) is 10.8. The van der Waals surface area contributed by atoms with E-state index in [1.165, 1.54) is 16.8 Å². The number of ether oxygens (including phenoxy) is 1. The van der Waals surface area contributed by atoms with Crippen LogP contribution in [0.1, 0.15) is 17.5 Å². The van der Waals surface area contributed by atoms with Gasteiger partial charge in [0.15, 0.2) is 0 Å². The van der Waals surface area contributed by atoms with Crippen LogP contribution in [0.5, 0.6) is 0 Å². The number of halogens is 2. The van der Waals surface area contributed by atoms with Gasteiger partial charge in [-0.1, -0.05) is 29.8 Å². The summed E-state index contributed by atoms with van der Waals surface area (Å²) in [5, 5.41) is 24.0. The molecule has 2 unspecified atom stereocenters. The predicted octanol–water partition coefficient (Wildman–Crippen LogP) is 3.44. The van der Waals surface area contributed by atoms with Gasteiger partial charge in [0.1, 0.15) is 11.6 Å². The van der Waals surface area contributed by atoms with Crippen molar-refractivity contribution in [3.63, 3.8) is 0 Å². The molecule has 2 atom stereocenters. The first-order valence-electron chi connectivity index (χ1n) is 10.9. The van der Waals surface area contributed by atoms with E-state index >= 15 is 0 Å². The first-order chi connectivity index (χ1) is 16.5. The number of pyridine rings is 2. The van der Waals surface area contributed by atoms with Crippen LogP contribution in [0.4, 0.5) is 15.9 Å². The largest absolute Gasteiger partial charge is 0.396 e. The van der Waals surface area contributed by atoms with E-state index in [1.807, 2.05) is 0 Å². The quantitative estimate of drug-likeness (QED) is 0.364. The van der Waals surface area contributed by atoms with E-state index in [9.17, 15) is 14.3 Å². The lowest BCUT2D eigenvalue weighted by Gasteiger charge is -2.31.